The molecule has 0 saturated heterocycles. The van der Waals surface area contributed by atoms with Gasteiger partial charge in [-0.1, -0.05) is 35.9 Å². The van der Waals surface area contributed by atoms with Crippen LogP contribution in [0.5, 0.6) is 11.5 Å². The van der Waals surface area contributed by atoms with E-state index in [0.29, 0.717) is 17.3 Å². The summed E-state index contributed by atoms with van der Waals surface area (Å²) in [4.78, 5) is 12.1. The Morgan fingerprint density at radius 1 is 1.04 bits per heavy atom. The summed E-state index contributed by atoms with van der Waals surface area (Å²) in [6.07, 6.45) is -0.494. The number of hydrogen-bond donors (Lipinski definition) is 1. The van der Waals surface area contributed by atoms with Crippen molar-refractivity contribution in [2.75, 3.05) is 0 Å². The van der Waals surface area contributed by atoms with Crippen LogP contribution in [0, 0.1) is 0 Å². The molecule has 128 valence electrons. The van der Waals surface area contributed by atoms with Gasteiger partial charge in [0.2, 0.25) is 0 Å². The van der Waals surface area contributed by atoms with Crippen molar-refractivity contribution in [3.05, 3.63) is 59.1 Å². The molecule has 0 fully saturated rings. The van der Waals surface area contributed by atoms with Gasteiger partial charge in [0.05, 0.1) is 11.1 Å². The van der Waals surface area contributed by atoms with Crippen molar-refractivity contribution in [1.82, 2.24) is 5.32 Å². The highest BCUT2D eigenvalue weighted by Crippen LogP contribution is 2.24. The topological polar surface area (TPSA) is 47.6 Å². The largest absolute Gasteiger partial charge is 0.491 e. The molecule has 2 aromatic rings. The third kappa shape index (κ3) is 5.46. The molecule has 0 aliphatic heterocycles. The normalized spacial score (nSPS) is 11.9. The highest BCUT2D eigenvalue weighted by Gasteiger charge is 2.15. The quantitative estimate of drug-likeness (QED) is 0.816. The molecule has 1 atom stereocenters. The van der Waals surface area contributed by atoms with Crippen LogP contribution in [0.2, 0.25) is 5.02 Å². The van der Waals surface area contributed by atoms with E-state index in [1.807, 2.05) is 50.2 Å². The minimum absolute atomic E-state index is 0.137. The molecule has 1 N–H and O–H groups in total. The maximum absolute atomic E-state index is 12.1. The van der Waals surface area contributed by atoms with E-state index in [0.717, 1.165) is 11.3 Å². The lowest BCUT2D eigenvalue weighted by atomic mass is 10.2. The SMILES string of the molecule is CC(C)Oc1ccc(CNC(=O)C(C)Oc2ccccc2Cl)cc1. The molecule has 0 spiro atoms. The molecule has 0 aliphatic carbocycles. The molecular weight excluding hydrogens is 326 g/mol. The number of benzene rings is 2. The summed E-state index contributed by atoms with van der Waals surface area (Å²) < 4.78 is 11.2. The number of ether oxygens (including phenoxy) is 2. The summed E-state index contributed by atoms with van der Waals surface area (Å²) >= 11 is 6.03. The maximum atomic E-state index is 12.1. The molecule has 0 bridgehead atoms. The van der Waals surface area contributed by atoms with E-state index in [-0.39, 0.29) is 12.0 Å². The first kappa shape index (κ1) is 18.1. The molecule has 24 heavy (non-hydrogen) atoms. The van der Waals surface area contributed by atoms with Crippen LogP contribution in [0.25, 0.3) is 0 Å². The van der Waals surface area contributed by atoms with E-state index in [2.05, 4.69) is 5.32 Å². The Kier molecular flexibility index (Phi) is 6.50. The second kappa shape index (κ2) is 8.60. The highest BCUT2D eigenvalue weighted by molar-refractivity contribution is 6.32. The lowest BCUT2D eigenvalue weighted by molar-refractivity contribution is -0.127. The lowest BCUT2D eigenvalue weighted by Crippen LogP contribution is -2.35. The Labute approximate surface area is 147 Å². The van der Waals surface area contributed by atoms with Crippen molar-refractivity contribution in [1.29, 1.82) is 0 Å². The number of nitrogens with one attached hydrogen (secondary N) is 1. The maximum Gasteiger partial charge on any atom is 0.261 e. The van der Waals surface area contributed by atoms with E-state index in [4.69, 9.17) is 21.1 Å². The minimum atomic E-state index is -0.631. The number of amides is 1. The van der Waals surface area contributed by atoms with Crippen molar-refractivity contribution in [3.63, 3.8) is 0 Å². The molecule has 0 aromatic heterocycles. The van der Waals surface area contributed by atoms with Crippen LogP contribution in [0.3, 0.4) is 0 Å². The van der Waals surface area contributed by atoms with Gasteiger partial charge >= 0.3 is 0 Å². The van der Waals surface area contributed by atoms with Crippen molar-refractivity contribution in [2.45, 2.75) is 39.5 Å². The van der Waals surface area contributed by atoms with Crippen LogP contribution in [0.15, 0.2) is 48.5 Å². The summed E-state index contributed by atoms with van der Waals surface area (Å²) in [7, 11) is 0. The van der Waals surface area contributed by atoms with Gasteiger partial charge in [-0.2, -0.15) is 0 Å². The first-order valence-electron chi connectivity index (χ1n) is 7.90. The number of rotatable bonds is 7. The van der Waals surface area contributed by atoms with Gasteiger partial charge in [-0.25, -0.2) is 0 Å². The van der Waals surface area contributed by atoms with Crippen LogP contribution in [0.1, 0.15) is 26.3 Å². The van der Waals surface area contributed by atoms with Gasteiger partial charge in [-0.3, -0.25) is 4.79 Å². The zero-order valence-corrected chi connectivity index (χ0v) is 14.8. The molecule has 5 heteroatoms. The average Bonchev–Trinajstić information content (AvgIpc) is 2.55. The monoisotopic (exact) mass is 347 g/mol. The van der Waals surface area contributed by atoms with E-state index >= 15 is 0 Å². The van der Waals surface area contributed by atoms with Crippen molar-refractivity contribution < 1.29 is 14.3 Å². The zero-order chi connectivity index (χ0) is 17.5. The van der Waals surface area contributed by atoms with Crippen LogP contribution in [0.4, 0.5) is 0 Å². The molecule has 1 unspecified atom stereocenters. The molecule has 1 amide bonds. The van der Waals surface area contributed by atoms with Gasteiger partial charge in [0.25, 0.3) is 5.91 Å². The van der Waals surface area contributed by atoms with Crippen molar-refractivity contribution >= 4 is 17.5 Å². The van der Waals surface area contributed by atoms with Gasteiger partial charge in [-0.05, 0) is 50.6 Å². The smallest absolute Gasteiger partial charge is 0.261 e. The Hall–Kier alpha value is -2.20. The highest BCUT2D eigenvalue weighted by atomic mass is 35.5. The Balaban J connectivity index is 1.85. The van der Waals surface area contributed by atoms with Gasteiger partial charge in [-0.15, -0.1) is 0 Å². The predicted octanol–water partition coefficient (Wildman–Crippen LogP) is 4.21. The summed E-state index contributed by atoms with van der Waals surface area (Å²) in [6.45, 7) is 6.08. The molecule has 0 aliphatic rings. The summed E-state index contributed by atoms with van der Waals surface area (Å²) in [5.74, 6) is 1.12. The van der Waals surface area contributed by atoms with Gasteiger partial charge < -0.3 is 14.8 Å². The molecule has 4 nitrogen and oxygen atoms in total. The fraction of sp³-hybridized carbons (Fsp3) is 0.316. The standard InChI is InChI=1S/C19H22ClNO3/c1-13(2)23-16-10-8-15(9-11-16)12-21-19(22)14(3)24-18-7-5-4-6-17(18)20/h4-11,13-14H,12H2,1-3H3,(H,21,22). The number of carbonyl (C=O) groups excluding carboxylic acids is 1. The van der Waals surface area contributed by atoms with E-state index < -0.39 is 6.10 Å². The van der Waals surface area contributed by atoms with Gasteiger partial charge in [0, 0.05) is 6.54 Å². The predicted molar refractivity (Wildman–Crippen MR) is 95.6 cm³/mol. The number of para-hydroxylation sites is 1. The Morgan fingerprint density at radius 2 is 1.71 bits per heavy atom. The zero-order valence-electron chi connectivity index (χ0n) is 14.1. The summed E-state index contributed by atoms with van der Waals surface area (Å²) in [6, 6.07) is 14.7. The van der Waals surface area contributed by atoms with E-state index in [9.17, 15) is 4.79 Å². The first-order chi connectivity index (χ1) is 11.5. The average molecular weight is 348 g/mol. The third-order valence-corrected chi connectivity index (χ3v) is 3.58. The first-order valence-corrected chi connectivity index (χ1v) is 8.28. The van der Waals surface area contributed by atoms with E-state index in [1.54, 1.807) is 19.1 Å². The van der Waals surface area contributed by atoms with Crippen LogP contribution < -0.4 is 14.8 Å². The van der Waals surface area contributed by atoms with Crippen LogP contribution in [-0.2, 0) is 11.3 Å². The fourth-order valence-corrected chi connectivity index (χ4v) is 2.26. The van der Waals surface area contributed by atoms with Gasteiger partial charge in [0.15, 0.2) is 6.10 Å². The molecule has 0 radical (unpaired) electrons. The Morgan fingerprint density at radius 3 is 2.33 bits per heavy atom. The molecular formula is C19H22ClNO3. The second-order valence-electron chi connectivity index (χ2n) is 5.72. The molecule has 0 saturated carbocycles. The van der Waals surface area contributed by atoms with Crippen LogP contribution in [-0.4, -0.2) is 18.1 Å². The fourth-order valence-electron chi connectivity index (χ4n) is 2.08. The van der Waals surface area contributed by atoms with Gasteiger partial charge in [0.1, 0.15) is 11.5 Å². The molecule has 0 heterocycles. The summed E-state index contributed by atoms with van der Waals surface area (Å²) in [5.41, 5.74) is 0.990. The van der Waals surface area contributed by atoms with Crippen molar-refractivity contribution in [3.8, 4) is 11.5 Å². The van der Waals surface area contributed by atoms with Crippen molar-refractivity contribution in [2.24, 2.45) is 0 Å². The number of hydrogen-bond acceptors (Lipinski definition) is 3. The van der Waals surface area contributed by atoms with Crippen LogP contribution >= 0.6 is 11.6 Å². The second-order valence-corrected chi connectivity index (χ2v) is 6.13. The lowest BCUT2D eigenvalue weighted by Gasteiger charge is -2.16. The number of halogens is 1. The summed E-state index contributed by atoms with van der Waals surface area (Å²) in [5, 5.41) is 3.33. The number of carbonyl (C=O) groups is 1. The molecule has 2 aromatic carbocycles. The van der Waals surface area contributed by atoms with E-state index in [1.165, 1.54) is 0 Å². The minimum Gasteiger partial charge on any atom is -0.491 e. The Bertz CT molecular complexity index is 671. The third-order valence-electron chi connectivity index (χ3n) is 3.27. The molecule has 2 rings (SSSR count).